The Morgan fingerprint density at radius 2 is 1.82 bits per heavy atom. The molecule has 0 aliphatic heterocycles. The van der Waals surface area contributed by atoms with Crippen LogP contribution < -0.4 is 5.32 Å². The molecule has 3 heteroatoms. The van der Waals surface area contributed by atoms with E-state index in [-0.39, 0.29) is 11.3 Å². The van der Waals surface area contributed by atoms with Gasteiger partial charge in [-0.2, -0.15) is 0 Å². The number of rotatable bonds is 4. The van der Waals surface area contributed by atoms with Gasteiger partial charge in [0.2, 0.25) is 0 Å². The number of carbonyl (C=O) groups excluding carboxylic acids is 1. The summed E-state index contributed by atoms with van der Waals surface area (Å²) in [5.74, 6) is 0.527. The third-order valence-corrected chi connectivity index (χ3v) is 3.90. The number of halogens is 1. The molecule has 1 rings (SSSR count). The van der Waals surface area contributed by atoms with Crippen LogP contribution in [0.15, 0.2) is 28.7 Å². The monoisotopic (exact) mass is 297 g/mol. The van der Waals surface area contributed by atoms with Crippen LogP contribution >= 0.6 is 15.9 Å². The maximum absolute atomic E-state index is 11.9. The summed E-state index contributed by atoms with van der Waals surface area (Å²) in [4.78, 5) is 11.9. The van der Waals surface area contributed by atoms with Crippen molar-refractivity contribution in [3.8, 4) is 0 Å². The highest BCUT2D eigenvalue weighted by Crippen LogP contribution is 2.24. The maximum atomic E-state index is 11.9. The van der Waals surface area contributed by atoms with E-state index in [1.807, 2.05) is 24.3 Å². The van der Waals surface area contributed by atoms with Crippen LogP contribution in [0.5, 0.6) is 0 Å². The maximum Gasteiger partial charge on any atom is 0.251 e. The second-order valence-electron chi connectivity index (χ2n) is 5.33. The van der Waals surface area contributed by atoms with Crippen molar-refractivity contribution >= 4 is 21.8 Å². The molecule has 17 heavy (non-hydrogen) atoms. The summed E-state index contributed by atoms with van der Waals surface area (Å²) >= 11 is 3.35. The summed E-state index contributed by atoms with van der Waals surface area (Å²) in [6.45, 7) is 9.37. The van der Waals surface area contributed by atoms with Crippen molar-refractivity contribution in [3.05, 3.63) is 34.3 Å². The van der Waals surface area contributed by atoms with E-state index in [0.717, 1.165) is 4.47 Å². The highest BCUT2D eigenvalue weighted by molar-refractivity contribution is 9.10. The summed E-state index contributed by atoms with van der Waals surface area (Å²) in [6, 6.07) is 7.40. The lowest BCUT2D eigenvalue weighted by Gasteiger charge is -2.29. The number of hydrogen-bond acceptors (Lipinski definition) is 1. The Hall–Kier alpha value is -0.830. The molecule has 1 N–H and O–H groups in total. The van der Waals surface area contributed by atoms with Crippen LogP contribution in [0, 0.1) is 11.3 Å². The van der Waals surface area contributed by atoms with E-state index < -0.39 is 0 Å². The predicted molar refractivity (Wildman–Crippen MR) is 75.1 cm³/mol. The Labute approximate surface area is 112 Å². The molecule has 0 heterocycles. The second-order valence-corrected chi connectivity index (χ2v) is 6.25. The molecule has 0 aliphatic rings. The van der Waals surface area contributed by atoms with Gasteiger partial charge in [0.25, 0.3) is 5.91 Å². The third kappa shape index (κ3) is 4.15. The lowest BCUT2D eigenvalue weighted by Crippen LogP contribution is -2.36. The first-order valence-electron chi connectivity index (χ1n) is 5.86. The lowest BCUT2D eigenvalue weighted by atomic mass is 9.81. The molecule has 1 amide bonds. The van der Waals surface area contributed by atoms with Gasteiger partial charge in [0, 0.05) is 16.6 Å². The van der Waals surface area contributed by atoms with Gasteiger partial charge in [-0.15, -0.1) is 0 Å². The van der Waals surface area contributed by atoms with Crippen LogP contribution in [0.4, 0.5) is 0 Å². The van der Waals surface area contributed by atoms with Gasteiger partial charge in [-0.1, -0.05) is 43.6 Å². The molecule has 1 aromatic rings. The number of nitrogens with one attached hydrogen (secondary N) is 1. The SMILES string of the molecule is CC(C)C(C)(C)CNC(=O)c1ccc(Br)cc1. The van der Waals surface area contributed by atoms with E-state index in [2.05, 4.69) is 48.9 Å². The largest absolute Gasteiger partial charge is 0.351 e. The average molecular weight is 298 g/mol. The summed E-state index contributed by atoms with van der Waals surface area (Å²) in [7, 11) is 0. The highest BCUT2D eigenvalue weighted by atomic mass is 79.9. The Morgan fingerprint density at radius 1 is 1.29 bits per heavy atom. The second kappa shape index (κ2) is 5.67. The minimum atomic E-state index is -0.00812. The van der Waals surface area contributed by atoms with Gasteiger partial charge in [0.05, 0.1) is 0 Å². The van der Waals surface area contributed by atoms with Crippen molar-refractivity contribution in [2.45, 2.75) is 27.7 Å². The molecule has 0 unspecified atom stereocenters. The number of carbonyl (C=O) groups is 1. The molecule has 0 fully saturated rings. The molecule has 1 aromatic carbocycles. The normalized spacial score (nSPS) is 11.6. The molecule has 2 nitrogen and oxygen atoms in total. The van der Waals surface area contributed by atoms with E-state index in [9.17, 15) is 4.79 Å². The minimum absolute atomic E-state index is 0.00812. The van der Waals surface area contributed by atoms with Gasteiger partial charge < -0.3 is 5.32 Å². The molecule has 0 saturated heterocycles. The van der Waals surface area contributed by atoms with E-state index >= 15 is 0 Å². The van der Waals surface area contributed by atoms with Crippen LogP contribution in [-0.2, 0) is 0 Å². The van der Waals surface area contributed by atoms with Gasteiger partial charge in [-0.3, -0.25) is 4.79 Å². The average Bonchev–Trinajstić information content (AvgIpc) is 2.27. The third-order valence-electron chi connectivity index (χ3n) is 3.37. The van der Waals surface area contributed by atoms with Crippen molar-refractivity contribution in [1.29, 1.82) is 0 Å². The van der Waals surface area contributed by atoms with Gasteiger partial charge in [-0.25, -0.2) is 0 Å². The fraction of sp³-hybridized carbons (Fsp3) is 0.500. The molecule has 0 bridgehead atoms. The Morgan fingerprint density at radius 3 is 2.29 bits per heavy atom. The van der Waals surface area contributed by atoms with Crippen LogP contribution in [-0.4, -0.2) is 12.5 Å². The van der Waals surface area contributed by atoms with E-state index in [1.165, 1.54) is 0 Å². The van der Waals surface area contributed by atoms with Gasteiger partial charge >= 0.3 is 0 Å². The molecule has 0 spiro atoms. The molecule has 0 radical (unpaired) electrons. The fourth-order valence-electron chi connectivity index (χ4n) is 1.22. The van der Waals surface area contributed by atoms with E-state index in [1.54, 1.807) is 0 Å². The predicted octanol–water partition coefficient (Wildman–Crippen LogP) is 3.86. The van der Waals surface area contributed by atoms with Crippen molar-refractivity contribution in [2.24, 2.45) is 11.3 Å². The number of amides is 1. The Balaban J connectivity index is 2.59. The summed E-state index contributed by atoms with van der Waals surface area (Å²) in [5.41, 5.74) is 0.818. The zero-order valence-electron chi connectivity index (χ0n) is 10.9. The number of hydrogen-bond donors (Lipinski definition) is 1. The van der Waals surface area contributed by atoms with E-state index in [0.29, 0.717) is 18.0 Å². The zero-order chi connectivity index (χ0) is 13.1. The van der Waals surface area contributed by atoms with Gasteiger partial charge in [0.15, 0.2) is 0 Å². The summed E-state index contributed by atoms with van der Waals surface area (Å²) in [6.07, 6.45) is 0. The molecule has 0 atom stereocenters. The highest BCUT2D eigenvalue weighted by Gasteiger charge is 2.22. The fourth-order valence-corrected chi connectivity index (χ4v) is 1.48. The Bertz CT molecular complexity index is 382. The van der Waals surface area contributed by atoms with Crippen LogP contribution in [0.3, 0.4) is 0 Å². The smallest absolute Gasteiger partial charge is 0.251 e. The molecule has 94 valence electrons. The van der Waals surface area contributed by atoms with E-state index in [4.69, 9.17) is 0 Å². The summed E-state index contributed by atoms with van der Waals surface area (Å²) < 4.78 is 0.983. The molecule has 0 saturated carbocycles. The van der Waals surface area contributed by atoms with Crippen molar-refractivity contribution in [2.75, 3.05) is 6.54 Å². The summed E-state index contributed by atoms with van der Waals surface area (Å²) in [5, 5.41) is 2.99. The minimum Gasteiger partial charge on any atom is -0.351 e. The van der Waals surface area contributed by atoms with Gasteiger partial charge in [-0.05, 0) is 35.6 Å². The van der Waals surface area contributed by atoms with Crippen molar-refractivity contribution in [3.63, 3.8) is 0 Å². The van der Waals surface area contributed by atoms with Crippen LogP contribution in [0.25, 0.3) is 0 Å². The molecule has 0 aliphatic carbocycles. The zero-order valence-corrected chi connectivity index (χ0v) is 12.5. The first kappa shape index (κ1) is 14.2. The number of benzene rings is 1. The quantitative estimate of drug-likeness (QED) is 0.898. The standard InChI is InChI=1S/C14H20BrNO/c1-10(2)14(3,4)9-16-13(17)11-5-7-12(15)8-6-11/h5-8,10H,9H2,1-4H3,(H,16,17). The topological polar surface area (TPSA) is 29.1 Å². The van der Waals surface area contributed by atoms with Crippen molar-refractivity contribution < 1.29 is 4.79 Å². The first-order chi connectivity index (χ1) is 7.83. The van der Waals surface area contributed by atoms with Crippen LogP contribution in [0.2, 0.25) is 0 Å². The Kier molecular flexibility index (Phi) is 4.75. The first-order valence-corrected chi connectivity index (χ1v) is 6.66. The lowest BCUT2D eigenvalue weighted by molar-refractivity contribution is 0.0925. The molecule has 0 aromatic heterocycles. The molecular formula is C14H20BrNO. The molecular weight excluding hydrogens is 278 g/mol. The van der Waals surface area contributed by atoms with Crippen molar-refractivity contribution in [1.82, 2.24) is 5.32 Å². The van der Waals surface area contributed by atoms with Crippen LogP contribution in [0.1, 0.15) is 38.1 Å². The van der Waals surface area contributed by atoms with Gasteiger partial charge in [0.1, 0.15) is 0 Å².